The fourth-order valence-corrected chi connectivity index (χ4v) is 4.83. The molecule has 2 fully saturated rings. The van der Waals surface area contributed by atoms with E-state index in [2.05, 4.69) is 21.7 Å². The number of nitro benzene ring substituents is 1. The Morgan fingerprint density at radius 3 is 2.68 bits per heavy atom. The molecule has 2 aliphatic heterocycles. The predicted octanol–water partition coefficient (Wildman–Crippen LogP) is 3.51. The lowest BCUT2D eigenvalue weighted by Crippen LogP contribution is -2.43. The minimum absolute atomic E-state index is 0.00694. The van der Waals surface area contributed by atoms with Gasteiger partial charge in [0.25, 0.3) is 5.69 Å². The van der Waals surface area contributed by atoms with Crippen molar-refractivity contribution in [2.75, 3.05) is 37.6 Å². The van der Waals surface area contributed by atoms with E-state index in [-0.39, 0.29) is 22.2 Å². The Morgan fingerprint density at radius 2 is 2.00 bits per heavy atom. The van der Waals surface area contributed by atoms with Crippen LogP contribution in [-0.2, 0) is 7.05 Å². The van der Waals surface area contributed by atoms with Gasteiger partial charge in [-0.05, 0) is 62.7 Å². The number of nitrogens with zero attached hydrogens (tertiary/aromatic N) is 5. The minimum Gasteiger partial charge on any atom is -0.366 e. The van der Waals surface area contributed by atoms with Crippen LogP contribution in [0.1, 0.15) is 48.8 Å². The molecule has 0 radical (unpaired) electrons. The molecule has 0 saturated carbocycles. The summed E-state index contributed by atoms with van der Waals surface area (Å²) in [5.41, 5.74) is 0.895. The van der Waals surface area contributed by atoms with Crippen LogP contribution in [0.5, 0.6) is 0 Å². The van der Waals surface area contributed by atoms with Crippen molar-refractivity contribution in [1.82, 2.24) is 14.5 Å². The summed E-state index contributed by atoms with van der Waals surface area (Å²) in [5, 5.41) is 11.9. The molecule has 0 spiro atoms. The maximum Gasteiger partial charge on any atom is 0.293 e. The van der Waals surface area contributed by atoms with Crippen molar-refractivity contribution in [1.29, 1.82) is 0 Å². The number of imidazole rings is 1. The van der Waals surface area contributed by atoms with Crippen LogP contribution in [0.3, 0.4) is 0 Å². The van der Waals surface area contributed by atoms with Gasteiger partial charge in [0.05, 0.1) is 4.92 Å². The van der Waals surface area contributed by atoms with Gasteiger partial charge in [-0.15, -0.1) is 0 Å². The van der Waals surface area contributed by atoms with Gasteiger partial charge >= 0.3 is 0 Å². The maximum absolute atomic E-state index is 12.8. The van der Waals surface area contributed by atoms with Gasteiger partial charge in [0.1, 0.15) is 5.69 Å². The van der Waals surface area contributed by atoms with Gasteiger partial charge in [0, 0.05) is 50.7 Å². The van der Waals surface area contributed by atoms with Crippen molar-refractivity contribution in [3.8, 4) is 0 Å². The van der Waals surface area contributed by atoms with Gasteiger partial charge in [-0.2, -0.15) is 0 Å². The van der Waals surface area contributed by atoms with E-state index >= 15 is 0 Å². The molecule has 1 atom stereocenters. The average molecular weight is 426 g/mol. The highest BCUT2D eigenvalue weighted by molar-refractivity contribution is 6.07. The normalized spacial score (nSPS) is 20.7. The summed E-state index contributed by atoms with van der Waals surface area (Å²) < 4.78 is 1.62. The molecule has 0 amide bonds. The van der Waals surface area contributed by atoms with Crippen molar-refractivity contribution in [3.05, 3.63) is 52.1 Å². The third-order valence-electron chi connectivity index (χ3n) is 6.71. The van der Waals surface area contributed by atoms with E-state index in [9.17, 15) is 14.9 Å². The lowest BCUT2D eigenvalue weighted by atomic mass is 9.94. The van der Waals surface area contributed by atoms with Crippen LogP contribution < -0.4 is 4.90 Å². The van der Waals surface area contributed by atoms with Crippen molar-refractivity contribution in [2.45, 2.75) is 32.6 Å². The Bertz CT molecular complexity index is 948. The van der Waals surface area contributed by atoms with E-state index in [1.54, 1.807) is 36.1 Å². The highest BCUT2D eigenvalue weighted by Gasteiger charge is 2.29. The lowest BCUT2D eigenvalue weighted by Gasteiger charge is -2.38. The summed E-state index contributed by atoms with van der Waals surface area (Å²) >= 11 is 0. The zero-order valence-electron chi connectivity index (χ0n) is 18.4. The van der Waals surface area contributed by atoms with Gasteiger partial charge in [-0.1, -0.05) is 6.92 Å². The van der Waals surface area contributed by atoms with Crippen molar-refractivity contribution in [3.63, 3.8) is 0 Å². The molecule has 8 heteroatoms. The number of hydrogen-bond donors (Lipinski definition) is 0. The number of carbonyl (C=O) groups is 1. The molecule has 1 aromatic carbocycles. The van der Waals surface area contributed by atoms with E-state index in [1.165, 1.54) is 18.9 Å². The zero-order valence-corrected chi connectivity index (χ0v) is 18.4. The second-order valence-electron chi connectivity index (χ2n) is 9.09. The Labute approximate surface area is 183 Å². The monoisotopic (exact) mass is 425 g/mol. The highest BCUT2D eigenvalue weighted by Crippen LogP contribution is 2.33. The van der Waals surface area contributed by atoms with Crippen molar-refractivity contribution < 1.29 is 9.72 Å². The van der Waals surface area contributed by atoms with Crippen LogP contribution >= 0.6 is 0 Å². The average Bonchev–Trinajstić information content (AvgIpc) is 3.20. The molecular formula is C23H31N5O3. The summed E-state index contributed by atoms with van der Waals surface area (Å²) in [6, 6.07) is 4.83. The molecule has 3 heterocycles. The molecule has 0 aliphatic carbocycles. The molecule has 0 N–H and O–H groups in total. The molecule has 4 rings (SSSR count). The quantitative estimate of drug-likeness (QED) is 0.400. The van der Waals surface area contributed by atoms with Crippen LogP contribution in [0.15, 0.2) is 30.6 Å². The van der Waals surface area contributed by atoms with Crippen LogP contribution in [0.2, 0.25) is 0 Å². The van der Waals surface area contributed by atoms with Gasteiger partial charge in [0.15, 0.2) is 5.82 Å². The fourth-order valence-electron chi connectivity index (χ4n) is 4.83. The van der Waals surface area contributed by atoms with Crippen LogP contribution in [-0.4, -0.2) is 57.9 Å². The number of hydrogen-bond acceptors (Lipinski definition) is 6. The largest absolute Gasteiger partial charge is 0.366 e. The number of aryl methyl sites for hydroxylation is 1. The molecule has 2 aliphatic rings. The first-order chi connectivity index (χ1) is 14.9. The predicted molar refractivity (Wildman–Crippen MR) is 120 cm³/mol. The standard InChI is InChI=1S/C23H31N5O3/c1-17-7-11-26(12-8-17)15-18-4-3-10-27(16-18)20-6-5-19(14-21(20)28(30)31)22(29)23-24-9-13-25(23)2/h5-6,9,13-14,17-18H,3-4,7-8,10-12,15-16H2,1-2H3. The van der Waals surface area contributed by atoms with Crippen molar-refractivity contribution >= 4 is 17.2 Å². The zero-order chi connectivity index (χ0) is 22.0. The highest BCUT2D eigenvalue weighted by atomic mass is 16.6. The molecule has 2 saturated heterocycles. The number of nitro groups is 1. The number of likely N-dealkylation sites (tertiary alicyclic amines) is 1. The topological polar surface area (TPSA) is 84.5 Å². The van der Waals surface area contributed by atoms with Gasteiger partial charge in [-0.3, -0.25) is 14.9 Å². The van der Waals surface area contributed by atoms with Crippen LogP contribution in [0, 0.1) is 22.0 Å². The first-order valence-corrected chi connectivity index (χ1v) is 11.2. The maximum atomic E-state index is 12.8. The Kier molecular flexibility index (Phi) is 6.36. The third kappa shape index (κ3) is 4.79. The molecule has 1 aromatic heterocycles. The number of anilines is 1. The Hall–Kier alpha value is -2.74. The SMILES string of the molecule is CC1CCN(CC2CCCN(c3ccc(C(=O)c4nccn4C)cc3[N+](=O)[O-])C2)CC1. The van der Waals surface area contributed by atoms with Gasteiger partial charge < -0.3 is 14.4 Å². The third-order valence-corrected chi connectivity index (χ3v) is 6.71. The minimum atomic E-state index is -0.375. The number of carbonyl (C=O) groups excluding carboxylic acids is 1. The van der Waals surface area contributed by atoms with E-state index in [0.717, 1.165) is 51.5 Å². The van der Waals surface area contributed by atoms with E-state index in [4.69, 9.17) is 0 Å². The first-order valence-electron chi connectivity index (χ1n) is 11.2. The molecule has 1 unspecified atom stereocenters. The molecular weight excluding hydrogens is 394 g/mol. The van der Waals surface area contributed by atoms with Crippen LogP contribution in [0.25, 0.3) is 0 Å². The van der Waals surface area contributed by atoms with Gasteiger partial charge in [-0.25, -0.2) is 4.98 Å². The number of piperidine rings is 2. The molecule has 2 aromatic rings. The summed E-state index contributed by atoms with van der Waals surface area (Å²) in [7, 11) is 1.74. The summed E-state index contributed by atoms with van der Waals surface area (Å²) in [6.07, 6.45) is 7.94. The molecule has 0 bridgehead atoms. The Balaban J connectivity index is 1.51. The van der Waals surface area contributed by atoms with E-state index < -0.39 is 0 Å². The van der Waals surface area contributed by atoms with E-state index in [1.807, 2.05) is 0 Å². The molecule has 166 valence electrons. The van der Waals surface area contributed by atoms with Crippen LogP contribution in [0.4, 0.5) is 11.4 Å². The number of aromatic nitrogens is 2. The fraction of sp³-hybridized carbons (Fsp3) is 0.565. The lowest BCUT2D eigenvalue weighted by molar-refractivity contribution is -0.384. The second-order valence-corrected chi connectivity index (χ2v) is 9.09. The second kappa shape index (κ2) is 9.18. The Morgan fingerprint density at radius 1 is 1.23 bits per heavy atom. The summed E-state index contributed by atoms with van der Waals surface area (Å²) in [6.45, 7) is 7.32. The van der Waals surface area contributed by atoms with Crippen molar-refractivity contribution in [2.24, 2.45) is 18.9 Å². The molecule has 8 nitrogen and oxygen atoms in total. The number of ketones is 1. The van der Waals surface area contributed by atoms with Gasteiger partial charge in [0.2, 0.25) is 5.78 Å². The number of benzene rings is 1. The summed E-state index contributed by atoms with van der Waals surface area (Å²) in [4.78, 5) is 33.0. The van der Waals surface area contributed by atoms with E-state index in [0.29, 0.717) is 17.2 Å². The molecule has 31 heavy (non-hydrogen) atoms. The number of rotatable bonds is 6. The first kappa shape index (κ1) is 21.5. The summed E-state index contributed by atoms with van der Waals surface area (Å²) in [5.74, 6) is 1.29. The smallest absolute Gasteiger partial charge is 0.293 e.